The van der Waals surface area contributed by atoms with Crippen LogP contribution in [0.4, 0.5) is 0 Å². The highest BCUT2D eigenvalue weighted by Gasteiger charge is 2.24. The first-order chi connectivity index (χ1) is 12.9. The van der Waals surface area contributed by atoms with Crippen LogP contribution in [0.3, 0.4) is 0 Å². The fourth-order valence-corrected chi connectivity index (χ4v) is 3.32. The molecular formula is C20H31N3O4. The van der Waals surface area contributed by atoms with Crippen molar-refractivity contribution in [2.45, 2.75) is 51.9 Å². The van der Waals surface area contributed by atoms with Gasteiger partial charge < -0.3 is 19.4 Å². The molecule has 2 rings (SSSR count). The van der Waals surface area contributed by atoms with E-state index in [0.29, 0.717) is 37.9 Å². The second-order valence-corrected chi connectivity index (χ2v) is 7.36. The molecule has 0 aromatic heterocycles. The van der Waals surface area contributed by atoms with Crippen LogP contribution in [0.25, 0.3) is 0 Å². The maximum Gasteiger partial charge on any atom is 0.340 e. The van der Waals surface area contributed by atoms with Gasteiger partial charge in [-0.3, -0.25) is 9.59 Å². The Bertz CT molecular complexity index is 625. The zero-order chi connectivity index (χ0) is 19.8. The molecule has 0 N–H and O–H groups in total. The number of ether oxygens (including phenoxy) is 1. The number of carbonyl (C=O) groups is 3. The molecule has 2 saturated heterocycles. The van der Waals surface area contributed by atoms with Gasteiger partial charge in [-0.2, -0.15) is 0 Å². The summed E-state index contributed by atoms with van der Waals surface area (Å²) in [5.41, 5.74) is 1.19. The summed E-state index contributed by atoms with van der Waals surface area (Å²) in [5.74, 6) is -0.369. The third-order valence-electron chi connectivity index (χ3n) is 4.96. The van der Waals surface area contributed by atoms with Gasteiger partial charge in [0, 0.05) is 50.8 Å². The summed E-state index contributed by atoms with van der Waals surface area (Å²) in [6.45, 7) is 3.74. The predicted octanol–water partition coefficient (Wildman–Crippen LogP) is 2.25. The number of amides is 2. The number of likely N-dealkylation sites (tertiary alicyclic amines) is 2. The Labute approximate surface area is 161 Å². The first-order valence-electron chi connectivity index (χ1n) is 9.72. The number of nitrogens with zero attached hydrogens (tertiary/aromatic N) is 3. The van der Waals surface area contributed by atoms with E-state index < -0.39 is 5.97 Å². The summed E-state index contributed by atoms with van der Waals surface area (Å²) in [6.07, 6.45) is 8.12. The van der Waals surface area contributed by atoms with Crippen LogP contribution < -0.4 is 0 Å². The molecule has 2 heterocycles. The van der Waals surface area contributed by atoms with Crippen molar-refractivity contribution in [1.29, 1.82) is 0 Å². The van der Waals surface area contributed by atoms with Gasteiger partial charge in [0.1, 0.15) is 6.26 Å². The Morgan fingerprint density at radius 1 is 1.07 bits per heavy atom. The van der Waals surface area contributed by atoms with Crippen LogP contribution in [-0.2, 0) is 19.1 Å². The minimum atomic E-state index is -0.483. The zero-order valence-electron chi connectivity index (χ0n) is 16.7. The lowest BCUT2D eigenvalue weighted by atomic mass is 10.1. The van der Waals surface area contributed by atoms with Crippen molar-refractivity contribution in [1.82, 2.24) is 14.7 Å². The number of rotatable bonds is 7. The van der Waals surface area contributed by atoms with E-state index in [1.54, 1.807) is 16.7 Å². The highest BCUT2D eigenvalue weighted by atomic mass is 16.5. The van der Waals surface area contributed by atoms with Gasteiger partial charge in [-0.15, -0.1) is 0 Å². The number of carbonyl (C=O) groups excluding carboxylic acids is 3. The van der Waals surface area contributed by atoms with Gasteiger partial charge in [0.05, 0.1) is 5.57 Å². The molecular weight excluding hydrogens is 346 g/mol. The summed E-state index contributed by atoms with van der Waals surface area (Å²) in [7, 11) is 3.93. The highest BCUT2D eigenvalue weighted by Crippen LogP contribution is 2.22. The van der Waals surface area contributed by atoms with Gasteiger partial charge in [-0.05, 0) is 40.3 Å². The predicted molar refractivity (Wildman–Crippen MR) is 102 cm³/mol. The largest absolute Gasteiger partial charge is 0.430 e. The van der Waals surface area contributed by atoms with Crippen LogP contribution in [-0.4, -0.2) is 66.2 Å². The lowest BCUT2D eigenvalue weighted by Crippen LogP contribution is -2.33. The minimum absolute atomic E-state index is 0.0383. The van der Waals surface area contributed by atoms with Crippen LogP contribution in [0.15, 0.2) is 23.7 Å². The Morgan fingerprint density at radius 2 is 1.81 bits per heavy atom. The van der Waals surface area contributed by atoms with Crippen molar-refractivity contribution in [2.24, 2.45) is 0 Å². The monoisotopic (exact) mass is 377 g/mol. The summed E-state index contributed by atoms with van der Waals surface area (Å²) < 4.78 is 5.24. The molecule has 2 aliphatic rings. The third-order valence-corrected chi connectivity index (χ3v) is 4.96. The molecule has 0 atom stereocenters. The average Bonchev–Trinajstić information content (AvgIpc) is 2.91. The van der Waals surface area contributed by atoms with Gasteiger partial charge in [0.2, 0.25) is 11.8 Å². The second kappa shape index (κ2) is 10.3. The summed E-state index contributed by atoms with van der Waals surface area (Å²) in [4.78, 5) is 42.0. The van der Waals surface area contributed by atoms with Gasteiger partial charge in [0.25, 0.3) is 0 Å². The molecule has 0 aliphatic carbocycles. The lowest BCUT2D eigenvalue weighted by Gasteiger charge is -2.26. The van der Waals surface area contributed by atoms with E-state index in [9.17, 15) is 14.4 Å². The molecule has 0 unspecified atom stereocenters. The average molecular weight is 377 g/mol. The Balaban J connectivity index is 2.12. The van der Waals surface area contributed by atoms with Crippen molar-refractivity contribution in [3.05, 3.63) is 23.7 Å². The molecule has 150 valence electrons. The van der Waals surface area contributed by atoms with Gasteiger partial charge >= 0.3 is 5.97 Å². The SMILES string of the molecule is CC(C(=O)OC=CN1CCCC1=O)=C(CCN(C)C)N1CCCCCC1=O. The molecule has 7 heteroatoms. The highest BCUT2D eigenvalue weighted by molar-refractivity contribution is 5.90. The van der Waals surface area contributed by atoms with Crippen molar-refractivity contribution in [2.75, 3.05) is 33.7 Å². The molecule has 7 nitrogen and oxygen atoms in total. The lowest BCUT2D eigenvalue weighted by molar-refractivity contribution is -0.134. The second-order valence-electron chi connectivity index (χ2n) is 7.36. The summed E-state index contributed by atoms with van der Waals surface area (Å²) in [5, 5.41) is 0. The molecule has 0 aromatic rings. The number of hydrogen-bond acceptors (Lipinski definition) is 5. The Kier molecular flexibility index (Phi) is 8.03. The van der Waals surface area contributed by atoms with E-state index >= 15 is 0 Å². The molecule has 2 amide bonds. The normalized spacial score (nSPS) is 19.7. The Morgan fingerprint density at radius 3 is 2.48 bits per heavy atom. The minimum Gasteiger partial charge on any atom is -0.430 e. The van der Waals surface area contributed by atoms with Crippen molar-refractivity contribution in [3.63, 3.8) is 0 Å². The zero-order valence-corrected chi connectivity index (χ0v) is 16.7. The van der Waals surface area contributed by atoms with Crippen molar-refractivity contribution >= 4 is 17.8 Å². The van der Waals surface area contributed by atoms with E-state index in [1.807, 2.05) is 19.0 Å². The Hall–Kier alpha value is -2.15. The molecule has 0 saturated carbocycles. The maximum absolute atomic E-state index is 12.5. The summed E-state index contributed by atoms with van der Waals surface area (Å²) >= 11 is 0. The van der Waals surface area contributed by atoms with E-state index in [4.69, 9.17) is 4.74 Å². The van der Waals surface area contributed by atoms with Crippen LogP contribution in [0.5, 0.6) is 0 Å². The number of hydrogen-bond donors (Lipinski definition) is 0. The smallest absolute Gasteiger partial charge is 0.340 e. The molecule has 0 aromatic carbocycles. The quantitative estimate of drug-likeness (QED) is 0.387. The molecule has 27 heavy (non-hydrogen) atoms. The molecule has 2 aliphatic heterocycles. The molecule has 0 bridgehead atoms. The van der Waals surface area contributed by atoms with Gasteiger partial charge in [-0.1, -0.05) is 6.42 Å². The molecule has 2 fully saturated rings. The van der Waals surface area contributed by atoms with Gasteiger partial charge in [0.15, 0.2) is 0 Å². The fourth-order valence-electron chi connectivity index (χ4n) is 3.32. The third kappa shape index (κ3) is 6.20. The van der Waals surface area contributed by atoms with E-state index in [0.717, 1.165) is 37.9 Å². The number of esters is 1. The first-order valence-corrected chi connectivity index (χ1v) is 9.72. The van der Waals surface area contributed by atoms with Crippen LogP contribution in [0.1, 0.15) is 51.9 Å². The topological polar surface area (TPSA) is 70.2 Å². The standard InChI is InChI=1S/C20H31N3O4/c1-16(20(26)27-15-14-22-11-7-9-18(22)24)17(10-13-21(2)3)23-12-6-4-5-8-19(23)25/h14-15H,4-13H2,1-3H3. The van der Waals surface area contributed by atoms with E-state index in [2.05, 4.69) is 0 Å². The van der Waals surface area contributed by atoms with Crippen LogP contribution in [0, 0.1) is 0 Å². The van der Waals surface area contributed by atoms with Crippen LogP contribution >= 0.6 is 0 Å². The first kappa shape index (κ1) is 21.2. The maximum atomic E-state index is 12.5. The molecule has 0 radical (unpaired) electrons. The fraction of sp³-hybridized carbons (Fsp3) is 0.650. The van der Waals surface area contributed by atoms with E-state index in [1.165, 1.54) is 12.5 Å². The van der Waals surface area contributed by atoms with Gasteiger partial charge in [-0.25, -0.2) is 4.79 Å². The summed E-state index contributed by atoms with van der Waals surface area (Å²) in [6, 6.07) is 0. The van der Waals surface area contributed by atoms with Crippen molar-refractivity contribution in [3.8, 4) is 0 Å². The molecule has 0 spiro atoms. The van der Waals surface area contributed by atoms with Crippen molar-refractivity contribution < 1.29 is 19.1 Å². The van der Waals surface area contributed by atoms with Crippen LogP contribution in [0.2, 0.25) is 0 Å². The van der Waals surface area contributed by atoms with E-state index in [-0.39, 0.29) is 11.8 Å².